The van der Waals surface area contributed by atoms with Crippen molar-refractivity contribution in [3.05, 3.63) is 58.6 Å². The lowest BCUT2D eigenvalue weighted by molar-refractivity contribution is 0.0924. The van der Waals surface area contributed by atoms with Gasteiger partial charge >= 0.3 is 5.91 Å². The van der Waals surface area contributed by atoms with Crippen LogP contribution in [0.15, 0.2) is 51.5 Å². The summed E-state index contributed by atoms with van der Waals surface area (Å²) >= 11 is 3.47. The Hall–Kier alpha value is -2.05. The van der Waals surface area contributed by atoms with E-state index >= 15 is 0 Å². The highest BCUT2D eigenvalue weighted by atomic mass is 79.9. The summed E-state index contributed by atoms with van der Waals surface area (Å²) in [6.45, 7) is 0.553. The maximum Gasteiger partial charge on any atom is 0.300 e. The van der Waals surface area contributed by atoms with Crippen molar-refractivity contribution >= 4 is 32.7 Å². The third kappa shape index (κ3) is 2.35. The average molecular weight is 334 g/mol. The number of nitrogens with zero attached hydrogens (tertiary/aromatic N) is 1. The Balaban J connectivity index is 1.91. The van der Waals surface area contributed by atoms with Crippen LogP contribution in [0.2, 0.25) is 0 Å². The number of hydrogen-bond donors (Lipinski definition) is 2. The van der Waals surface area contributed by atoms with E-state index in [0.717, 1.165) is 15.4 Å². The van der Waals surface area contributed by atoms with Crippen LogP contribution in [-0.2, 0) is 6.54 Å². The quantitative estimate of drug-likeness (QED) is 0.439. The molecular weight excluding hydrogens is 322 g/mol. The molecule has 3 rings (SSSR count). The standard InChI is InChI=1S/C14H12BrN3O2/c15-10-2-1-9-5-6-18(12(9)7-10)8-11-3-4-13(20-11)14(19)17-16/h1-7H,8,16H2,(H,17,19). The highest BCUT2D eigenvalue weighted by Crippen LogP contribution is 2.22. The van der Waals surface area contributed by atoms with Gasteiger partial charge in [-0.05, 0) is 35.7 Å². The Labute approximate surface area is 123 Å². The molecule has 102 valence electrons. The van der Waals surface area contributed by atoms with Crippen molar-refractivity contribution in [2.75, 3.05) is 0 Å². The van der Waals surface area contributed by atoms with Crippen LogP contribution < -0.4 is 11.3 Å². The summed E-state index contributed by atoms with van der Waals surface area (Å²) in [4.78, 5) is 11.3. The molecule has 1 aromatic carbocycles. The molecule has 0 spiro atoms. The van der Waals surface area contributed by atoms with Crippen molar-refractivity contribution in [2.45, 2.75) is 6.54 Å². The van der Waals surface area contributed by atoms with Gasteiger partial charge in [-0.3, -0.25) is 10.2 Å². The van der Waals surface area contributed by atoms with Gasteiger partial charge in [0.05, 0.1) is 6.54 Å². The first kappa shape index (κ1) is 13.0. The molecule has 0 aliphatic heterocycles. The molecule has 2 aromatic heterocycles. The van der Waals surface area contributed by atoms with Gasteiger partial charge in [0.2, 0.25) is 0 Å². The Morgan fingerprint density at radius 1 is 1.30 bits per heavy atom. The van der Waals surface area contributed by atoms with Crippen LogP contribution >= 0.6 is 15.9 Å². The fourth-order valence-electron chi connectivity index (χ4n) is 2.12. The second-order valence-electron chi connectivity index (χ2n) is 4.39. The van der Waals surface area contributed by atoms with Crippen LogP contribution in [0.4, 0.5) is 0 Å². The van der Waals surface area contributed by atoms with Crippen molar-refractivity contribution in [1.29, 1.82) is 0 Å². The topological polar surface area (TPSA) is 73.2 Å². The monoisotopic (exact) mass is 333 g/mol. The van der Waals surface area contributed by atoms with E-state index in [2.05, 4.69) is 20.5 Å². The number of hydrazine groups is 1. The van der Waals surface area contributed by atoms with Gasteiger partial charge in [-0.15, -0.1) is 0 Å². The van der Waals surface area contributed by atoms with Crippen LogP contribution in [0.3, 0.4) is 0 Å². The Morgan fingerprint density at radius 3 is 2.95 bits per heavy atom. The summed E-state index contributed by atoms with van der Waals surface area (Å²) in [6, 6.07) is 11.5. The number of nitrogen functional groups attached to an aromatic ring is 1. The van der Waals surface area contributed by atoms with E-state index < -0.39 is 5.91 Å². The van der Waals surface area contributed by atoms with E-state index in [-0.39, 0.29) is 5.76 Å². The summed E-state index contributed by atoms with van der Waals surface area (Å²) in [5, 5.41) is 1.15. The van der Waals surface area contributed by atoms with E-state index in [1.54, 1.807) is 12.1 Å². The van der Waals surface area contributed by atoms with Crippen molar-refractivity contribution in [3.63, 3.8) is 0 Å². The summed E-state index contributed by atoms with van der Waals surface area (Å²) in [5.41, 5.74) is 3.14. The van der Waals surface area contributed by atoms with Crippen LogP contribution in [-0.4, -0.2) is 10.5 Å². The molecule has 1 amide bonds. The summed E-state index contributed by atoms with van der Waals surface area (Å²) in [5.74, 6) is 5.54. The fourth-order valence-corrected chi connectivity index (χ4v) is 2.47. The van der Waals surface area contributed by atoms with Gasteiger partial charge in [-0.1, -0.05) is 22.0 Å². The van der Waals surface area contributed by atoms with Gasteiger partial charge in [-0.2, -0.15) is 0 Å². The zero-order chi connectivity index (χ0) is 14.1. The molecule has 5 nitrogen and oxygen atoms in total. The number of benzene rings is 1. The van der Waals surface area contributed by atoms with Crippen LogP contribution in [0.1, 0.15) is 16.3 Å². The minimum absolute atomic E-state index is 0.208. The lowest BCUT2D eigenvalue weighted by Crippen LogP contribution is -2.29. The zero-order valence-electron chi connectivity index (χ0n) is 10.5. The molecule has 0 aliphatic carbocycles. The number of aromatic nitrogens is 1. The minimum Gasteiger partial charge on any atom is -0.454 e. The average Bonchev–Trinajstić information content (AvgIpc) is 3.06. The highest BCUT2D eigenvalue weighted by molar-refractivity contribution is 9.10. The third-order valence-electron chi connectivity index (χ3n) is 3.08. The number of carbonyl (C=O) groups is 1. The molecule has 0 fully saturated rings. The maximum atomic E-state index is 11.3. The largest absolute Gasteiger partial charge is 0.454 e. The van der Waals surface area contributed by atoms with Gasteiger partial charge < -0.3 is 8.98 Å². The van der Waals surface area contributed by atoms with Crippen molar-refractivity contribution in [2.24, 2.45) is 5.84 Å². The molecule has 6 heteroatoms. The van der Waals surface area contributed by atoms with Gasteiger partial charge in [0, 0.05) is 16.2 Å². The van der Waals surface area contributed by atoms with Crippen molar-refractivity contribution in [3.8, 4) is 0 Å². The Kier molecular flexibility index (Phi) is 3.33. The molecule has 0 bridgehead atoms. The van der Waals surface area contributed by atoms with Crippen molar-refractivity contribution in [1.82, 2.24) is 9.99 Å². The molecule has 3 aromatic rings. The van der Waals surface area contributed by atoms with E-state index in [1.165, 1.54) is 0 Å². The fraction of sp³-hybridized carbons (Fsp3) is 0.0714. The molecule has 0 saturated carbocycles. The molecule has 20 heavy (non-hydrogen) atoms. The Bertz CT molecular complexity index is 776. The first-order valence-electron chi connectivity index (χ1n) is 6.01. The first-order chi connectivity index (χ1) is 9.67. The summed E-state index contributed by atoms with van der Waals surface area (Å²) in [7, 11) is 0. The number of nitrogens with two attached hydrogens (primary N) is 1. The molecule has 0 saturated heterocycles. The third-order valence-corrected chi connectivity index (χ3v) is 3.57. The smallest absolute Gasteiger partial charge is 0.300 e. The number of hydrogen-bond acceptors (Lipinski definition) is 3. The molecular formula is C14H12BrN3O2. The van der Waals surface area contributed by atoms with Gasteiger partial charge in [0.1, 0.15) is 5.76 Å². The van der Waals surface area contributed by atoms with Crippen molar-refractivity contribution < 1.29 is 9.21 Å². The molecule has 0 aliphatic rings. The number of halogens is 1. The second-order valence-corrected chi connectivity index (χ2v) is 5.30. The van der Waals surface area contributed by atoms with Crippen LogP contribution in [0, 0.1) is 0 Å². The highest BCUT2D eigenvalue weighted by Gasteiger charge is 2.10. The van der Waals surface area contributed by atoms with Gasteiger partial charge in [-0.25, -0.2) is 5.84 Å². The number of carbonyl (C=O) groups excluding carboxylic acids is 1. The summed E-state index contributed by atoms with van der Waals surface area (Å²) in [6.07, 6.45) is 1.99. The lowest BCUT2D eigenvalue weighted by Gasteiger charge is -2.03. The van der Waals surface area contributed by atoms with E-state index in [9.17, 15) is 4.79 Å². The Morgan fingerprint density at radius 2 is 2.15 bits per heavy atom. The van der Waals surface area contributed by atoms with Crippen LogP contribution in [0.25, 0.3) is 10.9 Å². The number of furan rings is 1. The maximum absolute atomic E-state index is 11.3. The summed E-state index contributed by atoms with van der Waals surface area (Å²) < 4.78 is 8.54. The number of fused-ring (bicyclic) bond motifs is 1. The second kappa shape index (κ2) is 5.15. The van der Waals surface area contributed by atoms with E-state index in [4.69, 9.17) is 10.3 Å². The number of amides is 1. The zero-order valence-corrected chi connectivity index (χ0v) is 12.1. The number of nitrogens with one attached hydrogen (secondary N) is 1. The normalized spacial score (nSPS) is 10.9. The predicted molar refractivity (Wildman–Crippen MR) is 79.1 cm³/mol. The first-order valence-corrected chi connectivity index (χ1v) is 6.81. The number of rotatable bonds is 3. The molecule has 0 atom stereocenters. The predicted octanol–water partition coefficient (Wildman–Crippen LogP) is 2.65. The molecule has 0 radical (unpaired) electrons. The van der Waals surface area contributed by atoms with E-state index in [1.807, 2.05) is 35.9 Å². The van der Waals surface area contributed by atoms with E-state index in [0.29, 0.717) is 12.3 Å². The lowest BCUT2D eigenvalue weighted by atomic mass is 10.2. The SMILES string of the molecule is NNC(=O)c1ccc(Cn2ccc3ccc(Br)cc32)o1. The van der Waals surface area contributed by atoms with Gasteiger partial charge in [0.25, 0.3) is 0 Å². The molecule has 2 heterocycles. The minimum atomic E-state index is -0.434. The molecule has 3 N–H and O–H groups in total. The van der Waals surface area contributed by atoms with Gasteiger partial charge in [0.15, 0.2) is 5.76 Å². The molecule has 0 unspecified atom stereocenters. The van der Waals surface area contributed by atoms with Crippen LogP contribution in [0.5, 0.6) is 0 Å².